The van der Waals surface area contributed by atoms with Crippen molar-refractivity contribution in [1.29, 1.82) is 0 Å². The second kappa shape index (κ2) is 10.2. The van der Waals surface area contributed by atoms with Crippen molar-refractivity contribution in [3.05, 3.63) is 29.8 Å². The Hall–Kier alpha value is -1.06. The summed E-state index contributed by atoms with van der Waals surface area (Å²) in [6, 6.07) is 8.89. The Morgan fingerprint density at radius 3 is 2.52 bits per heavy atom. The van der Waals surface area contributed by atoms with E-state index in [1.807, 2.05) is 6.07 Å². The van der Waals surface area contributed by atoms with Gasteiger partial charge in [0, 0.05) is 18.2 Å². The van der Waals surface area contributed by atoms with E-state index in [1.54, 1.807) is 0 Å². The van der Waals surface area contributed by atoms with Crippen molar-refractivity contribution in [2.75, 3.05) is 13.2 Å². The predicted octanol–water partition coefficient (Wildman–Crippen LogP) is 5.33. The van der Waals surface area contributed by atoms with Crippen molar-refractivity contribution in [3.8, 4) is 5.75 Å². The van der Waals surface area contributed by atoms with Gasteiger partial charge in [-0.25, -0.2) is 0 Å². The van der Waals surface area contributed by atoms with Crippen molar-refractivity contribution in [3.63, 3.8) is 0 Å². The molecule has 0 amide bonds. The molecule has 0 aliphatic heterocycles. The third-order valence-corrected chi connectivity index (χ3v) is 4.90. The molecule has 3 nitrogen and oxygen atoms in total. The van der Waals surface area contributed by atoms with Gasteiger partial charge in [0.2, 0.25) is 0 Å². The van der Waals surface area contributed by atoms with Gasteiger partial charge in [0.05, 0.1) is 12.2 Å². The van der Waals surface area contributed by atoms with Crippen LogP contribution in [0.25, 0.3) is 0 Å². The minimum atomic E-state index is -0.112. The number of hydrogen-bond donors (Lipinski definition) is 1. The lowest BCUT2D eigenvalue weighted by Gasteiger charge is -2.25. The molecule has 2 rings (SSSR count). The van der Waals surface area contributed by atoms with Crippen LogP contribution in [0.15, 0.2) is 24.3 Å². The van der Waals surface area contributed by atoms with Gasteiger partial charge in [-0.15, -0.1) is 0 Å². The number of nitrogens with one attached hydrogen (secondary N) is 1. The largest absolute Gasteiger partial charge is 0.491 e. The smallest absolute Gasteiger partial charge is 0.123 e. The molecule has 1 atom stereocenters. The molecular weight excluding hydrogens is 310 g/mol. The van der Waals surface area contributed by atoms with Crippen LogP contribution in [0.4, 0.5) is 0 Å². The lowest BCUT2D eigenvalue weighted by Crippen LogP contribution is -2.28. The first-order chi connectivity index (χ1) is 11.9. The standard InChI is InChI=1S/C22H37NO2/c1-18(16-19-10-6-5-7-11-19)23-17-20-12-8-9-13-21(20)24-14-15-25-22(2,3)4/h8-9,12-13,18-19,23H,5-7,10-11,14-17H2,1-4H3. The average Bonchev–Trinajstić information content (AvgIpc) is 2.58. The summed E-state index contributed by atoms with van der Waals surface area (Å²) in [5, 5.41) is 3.69. The Bertz CT molecular complexity index is 489. The lowest BCUT2D eigenvalue weighted by atomic mass is 9.85. The van der Waals surface area contributed by atoms with Crippen molar-refractivity contribution in [2.45, 2.75) is 84.4 Å². The van der Waals surface area contributed by atoms with Gasteiger partial charge in [-0.05, 0) is 46.1 Å². The Balaban J connectivity index is 1.75. The molecule has 3 heteroatoms. The van der Waals surface area contributed by atoms with Crippen LogP contribution in [0.5, 0.6) is 5.75 Å². The lowest BCUT2D eigenvalue weighted by molar-refractivity contribution is -0.0164. The molecule has 1 fully saturated rings. The van der Waals surface area contributed by atoms with E-state index in [0.29, 0.717) is 19.3 Å². The molecule has 1 aromatic carbocycles. The van der Waals surface area contributed by atoms with Gasteiger partial charge < -0.3 is 14.8 Å². The zero-order chi connectivity index (χ0) is 18.1. The Morgan fingerprint density at radius 2 is 1.80 bits per heavy atom. The second-order valence-corrected chi connectivity index (χ2v) is 8.44. The van der Waals surface area contributed by atoms with Crippen LogP contribution >= 0.6 is 0 Å². The summed E-state index contributed by atoms with van der Waals surface area (Å²) in [5.74, 6) is 1.88. The molecule has 1 saturated carbocycles. The molecule has 1 N–H and O–H groups in total. The predicted molar refractivity (Wildman–Crippen MR) is 105 cm³/mol. The maximum atomic E-state index is 5.95. The van der Waals surface area contributed by atoms with Gasteiger partial charge in [-0.2, -0.15) is 0 Å². The highest BCUT2D eigenvalue weighted by Gasteiger charge is 2.16. The maximum Gasteiger partial charge on any atom is 0.123 e. The molecule has 1 aliphatic carbocycles. The summed E-state index contributed by atoms with van der Waals surface area (Å²) in [7, 11) is 0. The van der Waals surface area contributed by atoms with Crippen LogP contribution in [-0.4, -0.2) is 24.9 Å². The van der Waals surface area contributed by atoms with Crippen LogP contribution < -0.4 is 10.1 Å². The van der Waals surface area contributed by atoms with Crippen LogP contribution in [-0.2, 0) is 11.3 Å². The minimum Gasteiger partial charge on any atom is -0.491 e. The molecule has 1 aliphatic rings. The van der Waals surface area contributed by atoms with Gasteiger partial charge in [-0.3, -0.25) is 0 Å². The average molecular weight is 348 g/mol. The van der Waals surface area contributed by atoms with E-state index in [2.05, 4.69) is 51.2 Å². The molecule has 142 valence electrons. The van der Waals surface area contributed by atoms with E-state index in [-0.39, 0.29) is 5.60 Å². The Morgan fingerprint density at radius 1 is 1.08 bits per heavy atom. The SMILES string of the molecule is CC(CC1CCCCC1)NCc1ccccc1OCCOC(C)(C)C. The third-order valence-electron chi connectivity index (χ3n) is 4.90. The highest BCUT2D eigenvalue weighted by Crippen LogP contribution is 2.27. The van der Waals surface area contributed by atoms with E-state index in [0.717, 1.165) is 18.2 Å². The van der Waals surface area contributed by atoms with E-state index in [4.69, 9.17) is 9.47 Å². The monoisotopic (exact) mass is 347 g/mol. The highest BCUT2D eigenvalue weighted by molar-refractivity contribution is 5.33. The Labute approximate surface area is 154 Å². The minimum absolute atomic E-state index is 0.112. The molecule has 0 spiro atoms. The first kappa shape index (κ1) is 20.3. The molecule has 0 saturated heterocycles. The second-order valence-electron chi connectivity index (χ2n) is 8.44. The van der Waals surface area contributed by atoms with Crippen LogP contribution in [0, 0.1) is 5.92 Å². The quantitative estimate of drug-likeness (QED) is 0.613. The van der Waals surface area contributed by atoms with Crippen molar-refractivity contribution >= 4 is 0 Å². The van der Waals surface area contributed by atoms with Crippen LogP contribution in [0.2, 0.25) is 0 Å². The molecule has 0 aromatic heterocycles. The number of ether oxygens (including phenoxy) is 2. The molecule has 1 aromatic rings. The third kappa shape index (κ3) is 8.24. The van der Waals surface area contributed by atoms with Crippen molar-refractivity contribution in [1.82, 2.24) is 5.32 Å². The number of hydrogen-bond acceptors (Lipinski definition) is 3. The normalized spacial score (nSPS) is 17.4. The number of para-hydroxylation sites is 1. The fourth-order valence-electron chi connectivity index (χ4n) is 3.58. The maximum absolute atomic E-state index is 5.95. The molecule has 25 heavy (non-hydrogen) atoms. The summed E-state index contributed by atoms with van der Waals surface area (Å²) in [5.41, 5.74) is 1.12. The first-order valence-electron chi connectivity index (χ1n) is 10.0. The topological polar surface area (TPSA) is 30.5 Å². The summed E-state index contributed by atoms with van der Waals surface area (Å²) in [6.45, 7) is 10.6. The van der Waals surface area contributed by atoms with Gasteiger partial charge >= 0.3 is 0 Å². The number of benzene rings is 1. The van der Waals surface area contributed by atoms with Gasteiger partial charge in [0.25, 0.3) is 0 Å². The molecule has 0 radical (unpaired) electrons. The van der Waals surface area contributed by atoms with Gasteiger partial charge in [0.1, 0.15) is 12.4 Å². The fraction of sp³-hybridized carbons (Fsp3) is 0.727. The van der Waals surface area contributed by atoms with Crippen LogP contribution in [0.3, 0.4) is 0 Å². The summed E-state index contributed by atoms with van der Waals surface area (Å²) in [6.07, 6.45) is 8.40. The fourth-order valence-corrected chi connectivity index (χ4v) is 3.58. The van der Waals surface area contributed by atoms with E-state index < -0.39 is 0 Å². The van der Waals surface area contributed by atoms with Gasteiger partial charge in [0.15, 0.2) is 0 Å². The van der Waals surface area contributed by atoms with E-state index in [9.17, 15) is 0 Å². The van der Waals surface area contributed by atoms with E-state index in [1.165, 1.54) is 44.1 Å². The molecule has 0 heterocycles. The zero-order valence-electron chi connectivity index (χ0n) is 16.6. The summed E-state index contributed by atoms with van der Waals surface area (Å²) < 4.78 is 11.7. The summed E-state index contributed by atoms with van der Waals surface area (Å²) in [4.78, 5) is 0. The molecular formula is C22H37NO2. The zero-order valence-corrected chi connectivity index (χ0v) is 16.6. The number of rotatable bonds is 9. The van der Waals surface area contributed by atoms with Crippen molar-refractivity contribution in [2.24, 2.45) is 5.92 Å². The highest BCUT2D eigenvalue weighted by atomic mass is 16.5. The van der Waals surface area contributed by atoms with Crippen LogP contribution in [0.1, 0.15) is 71.8 Å². The summed E-state index contributed by atoms with van der Waals surface area (Å²) >= 11 is 0. The Kier molecular flexibility index (Phi) is 8.25. The first-order valence-corrected chi connectivity index (χ1v) is 10.0. The molecule has 0 bridgehead atoms. The van der Waals surface area contributed by atoms with Gasteiger partial charge in [-0.1, -0.05) is 50.3 Å². The molecule has 1 unspecified atom stereocenters. The van der Waals surface area contributed by atoms with Crippen molar-refractivity contribution < 1.29 is 9.47 Å². The van der Waals surface area contributed by atoms with E-state index >= 15 is 0 Å².